The summed E-state index contributed by atoms with van der Waals surface area (Å²) in [6.45, 7) is 5.32. The van der Waals surface area contributed by atoms with Gasteiger partial charge in [0.1, 0.15) is 5.75 Å². The maximum Gasteiger partial charge on any atom is 0.255 e. The molecule has 0 radical (unpaired) electrons. The molecule has 1 fully saturated rings. The van der Waals surface area contributed by atoms with Crippen molar-refractivity contribution in [1.82, 2.24) is 4.90 Å². The van der Waals surface area contributed by atoms with Crippen molar-refractivity contribution in [3.05, 3.63) is 59.7 Å². The first-order valence-electron chi connectivity index (χ1n) is 8.96. The van der Waals surface area contributed by atoms with Crippen LogP contribution in [0, 0.1) is 0 Å². The molecule has 2 aromatic carbocycles. The van der Waals surface area contributed by atoms with E-state index < -0.39 is 0 Å². The summed E-state index contributed by atoms with van der Waals surface area (Å²) in [5.74, 6) is 0.771. The van der Waals surface area contributed by atoms with E-state index in [-0.39, 0.29) is 17.9 Å². The minimum atomic E-state index is -0.171. The molecule has 136 valence electrons. The second kappa shape index (κ2) is 8.04. The number of nitrogens with one attached hydrogen (secondary N) is 1. The zero-order valence-electron chi connectivity index (χ0n) is 15.2. The Hall–Kier alpha value is -2.82. The summed E-state index contributed by atoms with van der Waals surface area (Å²) in [6, 6.07) is 14.7. The summed E-state index contributed by atoms with van der Waals surface area (Å²) in [5, 5.41) is 2.91. The van der Waals surface area contributed by atoms with Crippen LogP contribution in [0.4, 0.5) is 5.69 Å². The van der Waals surface area contributed by atoms with Gasteiger partial charge < -0.3 is 15.0 Å². The highest BCUT2D eigenvalue weighted by Crippen LogP contribution is 2.19. The molecule has 0 bridgehead atoms. The molecule has 1 N–H and O–H groups in total. The Kier molecular flexibility index (Phi) is 5.56. The summed E-state index contributed by atoms with van der Waals surface area (Å²) in [4.78, 5) is 26.1. The third-order valence-electron chi connectivity index (χ3n) is 4.22. The van der Waals surface area contributed by atoms with Crippen molar-refractivity contribution >= 4 is 17.5 Å². The van der Waals surface area contributed by atoms with Crippen molar-refractivity contribution < 1.29 is 14.3 Å². The fraction of sp³-hybridized carbons (Fsp3) is 0.333. The molecular weight excluding hydrogens is 328 g/mol. The molecule has 3 rings (SSSR count). The average molecular weight is 352 g/mol. The molecule has 0 saturated carbocycles. The van der Waals surface area contributed by atoms with E-state index >= 15 is 0 Å². The highest BCUT2D eigenvalue weighted by atomic mass is 16.5. The third kappa shape index (κ3) is 4.63. The van der Waals surface area contributed by atoms with E-state index in [1.807, 2.05) is 43.0 Å². The molecule has 0 aliphatic carbocycles. The Balaban J connectivity index is 1.63. The molecule has 1 aliphatic heterocycles. The van der Waals surface area contributed by atoms with Crippen LogP contribution in [0.2, 0.25) is 0 Å². The van der Waals surface area contributed by atoms with Crippen molar-refractivity contribution in [3.63, 3.8) is 0 Å². The molecule has 5 heteroatoms. The van der Waals surface area contributed by atoms with Crippen LogP contribution < -0.4 is 10.1 Å². The average Bonchev–Trinajstić information content (AvgIpc) is 3.00. The van der Waals surface area contributed by atoms with Crippen LogP contribution in [0.1, 0.15) is 42.6 Å². The lowest BCUT2D eigenvalue weighted by Crippen LogP contribution is -2.23. The monoisotopic (exact) mass is 352 g/mol. The maximum atomic E-state index is 12.4. The number of carbonyl (C=O) groups excluding carboxylic acids is 2. The van der Waals surface area contributed by atoms with Gasteiger partial charge in [0.25, 0.3) is 5.91 Å². The zero-order valence-corrected chi connectivity index (χ0v) is 15.2. The number of rotatable bonds is 6. The largest absolute Gasteiger partial charge is 0.491 e. The molecule has 26 heavy (non-hydrogen) atoms. The first-order valence-corrected chi connectivity index (χ1v) is 8.96. The van der Waals surface area contributed by atoms with Gasteiger partial charge in [-0.1, -0.05) is 12.1 Å². The van der Waals surface area contributed by atoms with Gasteiger partial charge in [0.2, 0.25) is 5.91 Å². The smallest absolute Gasteiger partial charge is 0.255 e. The lowest BCUT2D eigenvalue weighted by atomic mass is 10.1. The number of hydrogen-bond acceptors (Lipinski definition) is 3. The van der Waals surface area contributed by atoms with E-state index in [1.54, 1.807) is 24.3 Å². The van der Waals surface area contributed by atoms with Crippen molar-refractivity contribution in [3.8, 4) is 5.75 Å². The molecule has 5 nitrogen and oxygen atoms in total. The SMILES string of the molecule is CC(C)Oc1ccc(C(=O)Nc2cccc(CN3CCCC3=O)c2)cc1. The number of ether oxygens (including phenoxy) is 1. The predicted molar refractivity (Wildman–Crippen MR) is 101 cm³/mol. The molecule has 2 aromatic rings. The van der Waals surface area contributed by atoms with Gasteiger partial charge in [-0.2, -0.15) is 0 Å². The Morgan fingerprint density at radius 2 is 1.96 bits per heavy atom. The summed E-state index contributed by atoms with van der Waals surface area (Å²) >= 11 is 0. The lowest BCUT2D eigenvalue weighted by molar-refractivity contribution is -0.128. The third-order valence-corrected chi connectivity index (χ3v) is 4.22. The molecular formula is C21H24N2O3. The highest BCUT2D eigenvalue weighted by molar-refractivity contribution is 6.04. The van der Waals surface area contributed by atoms with Crippen molar-refractivity contribution in [1.29, 1.82) is 0 Å². The fourth-order valence-electron chi connectivity index (χ4n) is 3.00. The van der Waals surface area contributed by atoms with Gasteiger partial charge in [0.05, 0.1) is 6.10 Å². The van der Waals surface area contributed by atoms with Gasteiger partial charge in [0, 0.05) is 30.8 Å². The number of amides is 2. The molecule has 1 aliphatic rings. The summed E-state index contributed by atoms with van der Waals surface area (Å²) in [6.07, 6.45) is 1.65. The van der Waals surface area contributed by atoms with Crippen molar-refractivity contribution in [2.75, 3.05) is 11.9 Å². The van der Waals surface area contributed by atoms with Crippen LogP contribution in [0.25, 0.3) is 0 Å². The number of carbonyl (C=O) groups is 2. The van der Waals surface area contributed by atoms with Crippen LogP contribution in [0.15, 0.2) is 48.5 Å². The van der Waals surface area contributed by atoms with E-state index in [0.717, 1.165) is 30.0 Å². The minimum Gasteiger partial charge on any atom is -0.491 e. The Morgan fingerprint density at radius 1 is 1.19 bits per heavy atom. The summed E-state index contributed by atoms with van der Waals surface area (Å²) in [5.41, 5.74) is 2.31. The van der Waals surface area contributed by atoms with E-state index in [1.165, 1.54) is 0 Å². The standard InChI is InChI=1S/C21H24N2O3/c1-15(2)26-19-10-8-17(9-11-19)21(25)22-18-6-3-5-16(13-18)14-23-12-4-7-20(23)24/h3,5-6,8-11,13,15H,4,7,12,14H2,1-2H3,(H,22,25). The van der Waals surface area contributed by atoms with Gasteiger partial charge >= 0.3 is 0 Å². The van der Waals surface area contributed by atoms with E-state index in [0.29, 0.717) is 18.5 Å². The second-order valence-corrected chi connectivity index (χ2v) is 6.76. The number of benzene rings is 2. The molecule has 0 atom stereocenters. The Labute approximate surface area is 154 Å². The van der Waals surface area contributed by atoms with Crippen LogP contribution in [0.3, 0.4) is 0 Å². The normalized spacial score (nSPS) is 14.0. The molecule has 2 amide bonds. The van der Waals surface area contributed by atoms with Crippen LogP contribution in [-0.4, -0.2) is 29.4 Å². The maximum absolute atomic E-state index is 12.4. The van der Waals surface area contributed by atoms with E-state index in [9.17, 15) is 9.59 Å². The number of hydrogen-bond donors (Lipinski definition) is 1. The molecule has 0 unspecified atom stereocenters. The highest BCUT2D eigenvalue weighted by Gasteiger charge is 2.20. The van der Waals surface area contributed by atoms with Crippen LogP contribution >= 0.6 is 0 Å². The zero-order chi connectivity index (χ0) is 18.5. The van der Waals surface area contributed by atoms with Gasteiger partial charge in [-0.15, -0.1) is 0 Å². The number of likely N-dealkylation sites (tertiary alicyclic amines) is 1. The molecule has 0 aromatic heterocycles. The fourth-order valence-corrected chi connectivity index (χ4v) is 3.00. The first kappa shape index (κ1) is 18.0. The van der Waals surface area contributed by atoms with Gasteiger partial charge in [-0.3, -0.25) is 9.59 Å². The Morgan fingerprint density at radius 3 is 2.62 bits per heavy atom. The number of anilines is 1. The van der Waals surface area contributed by atoms with Gasteiger partial charge in [-0.25, -0.2) is 0 Å². The molecule has 1 heterocycles. The Bertz CT molecular complexity index is 784. The van der Waals surface area contributed by atoms with Crippen molar-refractivity contribution in [2.45, 2.75) is 39.3 Å². The van der Waals surface area contributed by atoms with E-state index in [2.05, 4.69) is 5.32 Å². The predicted octanol–water partition coefficient (Wildman–Crippen LogP) is 3.85. The van der Waals surface area contributed by atoms with E-state index in [4.69, 9.17) is 4.74 Å². The first-order chi connectivity index (χ1) is 12.5. The number of nitrogens with zero attached hydrogens (tertiary/aromatic N) is 1. The van der Waals surface area contributed by atoms with Crippen LogP contribution in [0.5, 0.6) is 5.75 Å². The second-order valence-electron chi connectivity index (χ2n) is 6.76. The topological polar surface area (TPSA) is 58.6 Å². The summed E-state index contributed by atoms with van der Waals surface area (Å²) in [7, 11) is 0. The van der Waals surface area contributed by atoms with Gasteiger partial charge in [-0.05, 0) is 62.2 Å². The van der Waals surface area contributed by atoms with Crippen LogP contribution in [-0.2, 0) is 11.3 Å². The molecule has 1 saturated heterocycles. The quantitative estimate of drug-likeness (QED) is 0.859. The lowest BCUT2D eigenvalue weighted by Gasteiger charge is -2.16. The van der Waals surface area contributed by atoms with Crippen molar-refractivity contribution in [2.24, 2.45) is 0 Å². The summed E-state index contributed by atoms with van der Waals surface area (Å²) < 4.78 is 5.59. The minimum absolute atomic E-state index is 0.0971. The van der Waals surface area contributed by atoms with Gasteiger partial charge in [0.15, 0.2) is 0 Å². The molecule has 0 spiro atoms.